The van der Waals surface area contributed by atoms with Crippen LogP contribution in [0.1, 0.15) is 47.3 Å². The van der Waals surface area contributed by atoms with E-state index < -0.39 is 10.0 Å². The molecule has 3 aromatic heterocycles. The van der Waals surface area contributed by atoms with E-state index in [1.165, 1.54) is 4.31 Å². The van der Waals surface area contributed by atoms with Crippen molar-refractivity contribution in [2.24, 2.45) is 0 Å². The van der Waals surface area contributed by atoms with Crippen molar-refractivity contribution in [3.63, 3.8) is 0 Å². The lowest BCUT2D eigenvalue weighted by Gasteiger charge is -2.31. The monoisotopic (exact) mass is 447 g/mol. The predicted octanol–water partition coefficient (Wildman–Crippen LogP) is 4.07. The number of aromatic nitrogens is 3. The van der Waals surface area contributed by atoms with Gasteiger partial charge in [-0.05, 0) is 52.7 Å². The molecular weight excluding hydrogens is 422 g/mol. The summed E-state index contributed by atoms with van der Waals surface area (Å²) in [6, 6.07) is 3.97. The molecule has 0 bridgehead atoms. The van der Waals surface area contributed by atoms with E-state index in [1.54, 1.807) is 25.2 Å². The second kappa shape index (κ2) is 8.09. The third-order valence-corrected chi connectivity index (χ3v) is 8.20. The van der Waals surface area contributed by atoms with Crippen molar-refractivity contribution in [1.29, 1.82) is 0 Å². The maximum Gasteiger partial charge on any atom is 0.248 e. The molecule has 0 radical (unpaired) electrons. The standard InChI is InChI=1S/C20H25N5O3S2/c1-12-8-17(23-20-22-13(2)11-29-20)9-18(21-12)16-6-5-7-25(10-16)30(26,27)19-14(3)24-28-15(19)4/h8-9,11,16H,5-7,10H2,1-4H3,(H,21,22,23)/t16-/m1/s1. The summed E-state index contributed by atoms with van der Waals surface area (Å²) >= 11 is 1.55. The molecule has 0 spiro atoms. The average Bonchev–Trinajstić information content (AvgIpc) is 3.26. The molecule has 3 aromatic rings. The number of nitrogens with one attached hydrogen (secondary N) is 1. The minimum absolute atomic E-state index is 0.0208. The van der Waals surface area contributed by atoms with Crippen molar-refractivity contribution in [3.05, 3.63) is 46.0 Å². The Balaban J connectivity index is 1.59. The Morgan fingerprint density at radius 1 is 1.17 bits per heavy atom. The van der Waals surface area contributed by atoms with Gasteiger partial charge in [-0.1, -0.05) is 5.16 Å². The Hall–Kier alpha value is -2.30. The molecule has 0 aliphatic carbocycles. The maximum atomic E-state index is 13.2. The number of pyridine rings is 1. The molecule has 1 aliphatic heterocycles. The Morgan fingerprint density at radius 3 is 2.63 bits per heavy atom. The number of rotatable bonds is 5. The first-order valence-corrected chi connectivity index (χ1v) is 12.2. The fourth-order valence-electron chi connectivity index (χ4n) is 3.88. The van der Waals surface area contributed by atoms with E-state index in [0.29, 0.717) is 24.5 Å². The van der Waals surface area contributed by atoms with Gasteiger partial charge >= 0.3 is 0 Å². The highest BCUT2D eigenvalue weighted by Crippen LogP contribution is 2.33. The average molecular weight is 448 g/mol. The number of sulfonamides is 1. The van der Waals surface area contributed by atoms with Gasteiger partial charge in [0.05, 0.1) is 5.69 Å². The minimum atomic E-state index is -3.66. The van der Waals surface area contributed by atoms with Gasteiger partial charge in [0.15, 0.2) is 10.9 Å². The lowest BCUT2D eigenvalue weighted by molar-refractivity contribution is 0.312. The smallest absolute Gasteiger partial charge is 0.248 e. The van der Waals surface area contributed by atoms with Gasteiger partial charge in [0.1, 0.15) is 10.6 Å². The van der Waals surface area contributed by atoms with Crippen LogP contribution in [0.2, 0.25) is 0 Å². The third-order valence-electron chi connectivity index (χ3n) is 5.21. The summed E-state index contributed by atoms with van der Waals surface area (Å²) in [7, 11) is -3.66. The molecule has 0 aromatic carbocycles. The lowest BCUT2D eigenvalue weighted by Crippen LogP contribution is -2.39. The Kier molecular flexibility index (Phi) is 5.65. The van der Waals surface area contributed by atoms with E-state index in [0.717, 1.165) is 40.7 Å². The lowest BCUT2D eigenvalue weighted by atomic mass is 9.95. The maximum absolute atomic E-state index is 13.2. The molecule has 1 N–H and O–H groups in total. The molecule has 0 amide bonds. The van der Waals surface area contributed by atoms with E-state index >= 15 is 0 Å². The molecule has 0 saturated carbocycles. The van der Waals surface area contributed by atoms with Gasteiger partial charge in [-0.15, -0.1) is 11.3 Å². The Labute approximate surface area is 180 Å². The normalized spacial score (nSPS) is 17.9. The zero-order valence-corrected chi connectivity index (χ0v) is 19.1. The van der Waals surface area contributed by atoms with E-state index in [1.807, 2.05) is 31.4 Å². The number of piperidine rings is 1. The van der Waals surface area contributed by atoms with Gasteiger partial charge in [0, 0.05) is 41.5 Å². The molecule has 1 saturated heterocycles. The number of hydrogen-bond donors (Lipinski definition) is 1. The van der Waals surface area contributed by atoms with Crippen LogP contribution in [0.25, 0.3) is 0 Å². The molecule has 4 rings (SSSR count). The van der Waals surface area contributed by atoms with Crippen molar-refractivity contribution in [3.8, 4) is 0 Å². The van der Waals surface area contributed by atoms with Gasteiger partial charge in [0.25, 0.3) is 0 Å². The summed E-state index contributed by atoms with van der Waals surface area (Å²) < 4.78 is 33.1. The van der Waals surface area contributed by atoms with Crippen LogP contribution in [-0.4, -0.2) is 40.9 Å². The van der Waals surface area contributed by atoms with Crippen LogP contribution < -0.4 is 5.32 Å². The van der Waals surface area contributed by atoms with E-state index in [4.69, 9.17) is 9.51 Å². The summed E-state index contributed by atoms with van der Waals surface area (Å²) in [5, 5.41) is 9.98. The van der Waals surface area contributed by atoms with Crippen molar-refractivity contribution >= 4 is 32.2 Å². The van der Waals surface area contributed by atoms with Crippen LogP contribution in [0.3, 0.4) is 0 Å². The van der Waals surface area contributed by atoms with Gasteiger partial charge in [-0.3, -0.25) is 4.98 Å². The van der Waals surface area contributed by atoms with Gasteiger partial charge < -0.3 is 9.84 Å². The molecule has 30 heavy (non-hydrogen) atoms. The minimum Gasteiger partial charge on any atom is -0.360 e. The van der Waals surface area contributed by atoms with Crippen molar-refractivity contribution < 1.29 is 12.9 Å². The third kappa shape index (κ3) is 4.12. The fraction of sp³-hybridized carbons (Fsp3) is 0.450. The molecule has 0 unspecified atom stereocenters. The van der Waals surface area contributed by atoms with E-state index in [-0.39, 0.29) is 10.8 Å². The molecule has 10 heteroatoms. The topological polar surface area (TPSA) is 101 Å². The first-order chi connectivity index (χ1) is 14.2. The summed E-state index contributed by atoms with van der Waals surface area (Å²) in [5.41, 5.74) is 4.06. The van der Waals surface area contributed by atoms with Crippen LogP contribution in [0.15, 0.2) is 26.9 Å². The highest BCUT2D eigenvalue weighted by Gasteiger charge is 2.35. The summed E-state index contributed by atoms with van der Waals surface area (Å²) in [5.74, 6) is 0.348. The molecule has 4 heterocycles. The van der Waals surface area contributed by atoms with Crippen LogP contribution in [0.4, 0.5) is 10.8 Å². The zero-order chi connectivity index (χ0) is 21.5. The summed E-state index contributed by atoms with van der Waals surface area (Å²) in [6.45, 7) is 8.07. The second-order valence-corrected chi connectivity index (χ2v) is 10.4. The number of anilines is 2. The zero-order valence-electron chi connectivity index (χ0n) is 17.5. The predicted molar refractivity (Wildman–Crippen MR) is 116 cm³/mol. The van der Waals surface area contributed by atoms with Gasteiger partial charge in [0.2, 0.25) is 10.0 Å². The number of aryl methyl sites for hydroxylation is 4. The number of nitrogens with zero attached hydrogens (tertiary/aromatic N) is 4. The second-order valence-electron chi connectivity index (χ2n) is 7.70. The summed E-state index contributed by atoms with van der Waals surface area (Å²) in [4.78, 5) is 9.34. The van der Waals surface area contributed by atoms with Crippen molar-refractivity contribution in [2.45, 2.75) is 51.3 Å². The van der Waals surface area contributed by atoms with Crippen molar-refractivity contribution in [1.82, 2.24) is 19.4 Å². The molecule has 160 valence electrons. The highest BCUT2D eigenvalue weighted by atomic mass is 32.2. The van der Waals surface area contributed by atoms with Gasteiger partial charge in [-0.25, -0.2) is 13.4 Å². The first kappa shape index (κ1) is 21.0. The van der Waals surface area contributed by atoms with Gasteiger partial charge in [-0.2, -0.15) is 4.31 Å². The van der Waals surface area contributed by atoms with Crippen LogP contribution in [0.5, 0.6) is 0 Å². The largest absolute Gasteiger partial charge is 0.360 e. The van der Waals surface area contributed by atoms with Crippen LogP contribution in [-0.2, 0) is 10.0 Å². The molecule has 8 nitrogen and oxygen atoms in total. The highest BCUT2D eigenvalue weighted by molar-refractivity contribution is 7.89. The quantitative estimate of drug-likeness (QED) is 0.629. The first-order valence-electron chi connectivity index (χ1n) is 9.85. The molecular formula is C20H25N5O3S2. The van der Waals surface area contributed by atoms with Crippen molar-refractivity contribution in [2.75, 3.05) is 18.4 Å². The molecule has 1 aliphatic rings. The van der Waals surface area contributed by atoms with E-state index in [9.17, 15) is 8.42 Å². The Bertz CT molecular complexity index is 1150. The molecule has 1 atom stereocenters. The SMILES string of the molecule is Cc1cc(Nc2nc(C)cs2)cc([C@@H]2CCCN(S(=O)(=O)c3c(C)noc3C)C2)n1. The van der Waals surface area contributed by atoms with E-state index in [2.05, 4.69) is 15.5 Å². The number of hydrogen-bond acceptors (Lipinski definition) is 8. The summed E-state index contributed by atoms with van der Waals surface area (Å²) in [6.07, 6.45) is 1.66. The molecule has 1 fully saturated rings. The van der Waals surface area contributed by atoms with Crippen LogP contribution in [0, 0.1) is 27.7 Å². The Morgan fingerprint density at radius 2 is 1.97 bits per heavy atom. The number of thiazole rings is 1. The fourth-order valence-corrected chi connectivity index (χ4v) is 6.41. The van der Waals surface area contributed by atoms with Crippen LogP contribution >= 0.6 is 11.3 Å².